The maximum Gasteiger partial charge on any atom is 0.309 e. The molecule has 106 valence electrons. The van der Waals surface area contributed by atoms with Crippen LogP contribution in [0.1, 0.15) is 39.5 Å². The number of nitrogens with zero attached hydrogens (tertiary/aromatic N) is 1. The monoisotopic (exact) mass is 257 g/mol. The van der Waals surface area contributed by atoms with Gasteiger partial charge in [-0.2, -0.15) is 0 Å². The zero-order chi connectivity index (χ0) is 13.6. The summed E-state index contributed by atoms with van der Waals surface area (Å²) in [6, 6.07) is 0. The number of hydrogen-bond acceptors (Lipinski definition) is 3. The predicted molar refractivity (Wildman–Crippen MR) is 71.7 cm³/mol. The van der Waals surface area contributed by atoms with E-state index in [1.54, 1.807) is 21.0 Å². The summed E-state index contributed by atoms with van der Waals surface area (Å²) in [6.45, 7) is 7.87. The molecule has 1 aliphatic rings. The molecular weight excluding hydrogens is 230 g/mol. The van der Waals surface area contributed by atoms with Crippen LogP contribution in [0, 0.1) is 11.3 Å². The van der Waals surface area contributed by atoms with Crippen LogP contribution in [0.3, 0.4) is 0 Å². The van der Waals surface area contributed by atoms with E-state index in [-0.39, 0.29) is 0 Å². The van der Waals surface area contributed by atoms with Crippen LogP contribution < -0.4 is 0 Å². The molecule has 1 unspecified atom stereocenters. The van der Waals surface area contributed by atoms with Gasteiger partial charge in [0.05, 0.1) is 12.0 Å². The molecule has 1 N–H and O–H groups in total. The van der Waals surface area contributed by atoms with Crippen molar-refractivity contribution >= 4 is 5.97 Å². The Morgan fingerprint density at radius 1 is 1.44 bits per heavy atom. The van der Waals surface area contributed by atoms with Crippen molar-refractivity contribution in [2.45, 2.75) is 39.5 Å². The summed E-state index contributed by atoms with van der Waals surface area (Å²) < 4.78 is 5.18. The van der Waals surface area contributed by atoms with E-state index in [0.29, 0.717) is 5.92 Å². The Hall–Kier alpha value is -0.610. The van der Waals surface area contributed by atoms with Gasteiger partial charge in [0, 0.05) is 13.7 Å². The van der Waals surface area contributed by atoms with Crippen molar-refractivity contribution in [3.8, 4) is 0 Å². The minimum Gasteiger partial charge on any atom is -0.481 e. The molecule has 1 aliphatic heterocycles. The first-order valence-electron chi connectivity index (χ1n) is 6.90. The standard InChI is InChI=1S/C14H27NO3/c1-14(2,13(16)17)7-4-5-8-15-9-6-12(10-15)11-18-3/h12H,4-11H2,1-3H3,(H,16,17). The summed E-state index contributed by atoms with van der Waals surface area (Å²) >= 11 is 0. The quantitative estimate of drug-likeness (QED) is 0.677. The molecule has 0 bridgehead atoms. The zero-order valence-corrected chi connectivity index (χ0v) is 11.9. The fourth-order valence-electron chi connectivity index (χ4n) is 2.50. The minimum absolute atomic E-state index is 0.580. The lowest BCUT2D eigenvalue weighted by atomic mass is 9.87. The lowest BCUT2D eigenvalue weighted by molar-refractivity contribution is -0.147. The van der Waals surface area contributed by atoms with E-state index in [1.165, 1.54) is 6.42 Å². The molecule has 1 saturated heterocycles. The topological polar surface area (TPSA) is 49.8 Å². The molecule has 1 atom stereocenters. The van der Waals surface area contributed by atoms with Gasteiger partial charge in [0.2, 0.25) is 0 Å². The summed E-state index contributed by atoms with van der Waals surface area (Å²) in [4.78, 5) is 13.4. The number of likely N-dealkylation sites (tertiary alicyclic amines) is 1. The highest BCUT2D eigenvalue weighted by Crippen LogP contribution is 2.24. The average Bonchev–Trinajstić information content (AvgIpc) is 2.73. The van der Waals surface area contributed by atoms with Gasteiger partial charge >= 0.3 is 5.97 Å². The van der Waals surface area contributed by atoms with Crippen LogP contribution in [0.15, 0.2) is 0 Å². The summed E-state index contributed by atoms with van der Waals surface area (Å²) in [5.74, 6) is -0.00529. The van der Waals surface area contributed by atoms with E-state index in [2.05, 4.69) is 4.90 Å². The molecule has 0 aromatic carbocycles. The highest BCUT2D eigenvalue weighted by atomic mass is 16.5. The van der Waals surface area contributed by atoms with Gasteiger partial charge in [-0.1, -0.05) is 6.42 Å². The molecule has 1 rings (SSSR count). The van der Waals surface area contributed by atoms with Gasteiger partial charge in [0.15, 0.2) is 0 Å². The second-order valence-corrected chi connectivity index (χ2v) is 6.06. The van der Waals surface area contributed by atoms with Gasteiger partial charge in [-0.05, 0) is 52.1 Å². The number of carboxylic acid groups (broad SMARTS) is 1. The Balaban J connectivity index is 2.11. The summed E-state index contributed by atoms with van der Waals surface area (Å²) in [7, 11) is 1.76. The third-order valence-corrected chi connectivity index (χ3v) is 3.88. The highest BCUT2D eigenvalue weighted by molar-refractivity contribution is 5.73. The number of methoxy groups -OCH3 is 1. The molecule has 0 amide bonds. The first kappa shape index (κ1) is 15.4. The molecular formula is C14H27NO3. The van der Waals surface area contributed by atoms with Crippen molar-refractivity contribution in [2.24, 2.45) is 11.3 Å². The molecule has 18 heavy (non-hydrogen) atoms. The van der Waals surface area contributed by atoms with Crippen LogP contribution in [0.4, 0.5) is 0 Å². The first-order valence-corrected chi connectivity index (χ1v) is 6.90. The fourth-order valence-corrected chi connectivity index (χ4v) is 2.50. The van der Waals surface area contributed by atoms with Crippen molar-refractivity contribution in [3.05, 3.63) is 0 Å². The van der Waals surface area contributed by atoms with E-state index in [9.17, 15) is 4.79 Å². The van der Waals surface area contributed by atoms with E-state index < -0.39 is 11.4 Å². The van der Waals surface area contributed by atoms with Crippen molar-refractivity contribution in [1.82, 2.24) is 4.90 Å². The van der Waals surface area contributed by atoms with Crippen LogP contribution in [0.2, 0.25) is 0 Å². The highest BCUT2D eigenvalue weighted by Gasteiger charge is 2.26. The Labute approximate surface area is 110 Å². The number of hydrogen-bond donors (Lipinski definition) is 1. The molecule has 0 spiro atoms. The average molecular weight is 257 g/mol. The Morgan fingerprint density at radius 2 is 2.17 bits per heavy atom. The second-order valence-electron chi connectivity index (χ2n) is 6.06. The summed E-state index contributed by atoms with van der Waals surface area (Å²) in [5, 5.41) is 9.02. The Morgan fingerprint density at radius 3 is 2.78 bits per heavy atom. The van der Waals surface area contributed by atoms with Crippen LogP contribution in [-0.2, 0) is 9.53 Å². The van der Waals surface area contributed by atoms with E-state index in [1.807, 2.05) is 0 Å². The lowest BCUT2D eigenvalue weighted by Gasteiger charge is -2.20. The molecule has 1 heterocycles. The van der Waals surface area contributed by atoms with Gasteiger partial charge in [-0.25, -0.2) is 0 Å². The smallest absolute Gasteiger partial charge is 0.309 e. The largest absolute Gasteiger partial charge is 0.481 e. The molecule has 0 saturated carbocycles. The van der Waals surface area contributed by atoms with Crippen molar-refractivity contribution in [3.63, 3.8) is 0 Å². The molecule has 0 aliphatic carbocycles. The molecule has 1 fully saturated rings. The number of rotatable bonds is 8. The van der Waals surface area contributed by atoms with Crippen molar-refractivity contribution in [1.29, 1.82) is 0 Å². The number of carboxylic acids is 1. The summed E-state index contributed by atoms with van der Waals surface area (Å²) in [6.07, 6.45) is 4.08. The van der Waals surface area contributed by atoms with Crippen LogP contribution >= 0.6 is 0 Å². The number of unbranched alkanes of at least 4 members (excludes halogenated alkanes) is 1. The van der Waals surface area contributed by atoms with E-state index in [0.717, 1.165) is 45.5 Å². The minimum atomic E-state index is -0.691. The van der Waals surface area contributed by atoms with Crippen LogP contribution in [-0.4, -0.2) is 49.3 Å². The molecule has 0 radical (unpaired) electrons. The Kier molecular flexibility index (Phi) is 6.09. The number of ether oxygens (including phenoxy) is 1. The van der Waals surface area contributed by atoms with Gasteiger partial charge in [0.1, 0.15) is 0 Å². The lowest BCUT2D eigenvalue weighted by Crippen LogP contribution is -2.25. The maximum atomic E-state index is 11.0. The maximum absolute atomic E-state index is 11.0. The van der Waals surface area contributed by atoms with Crippen molar-refractivity contribution < 1.29 is 14.6 Å². The first-order chi connectivity index (χ1) is 8.45. The van der Waals surface area contributed by atoms with Crippen LogP contribution in [0.5, 0.6) is 0 Å². The third kappa shape index (κ3) is 4.94. The normalized spacial score (nSPS) is 21.4. The van der Waals surface area contributed by atoms with Crippen molar-refractivity contribution in [2.75, 3.05) is 33.4 Å². The number of aliphatic carboxylic acids is 1. The SMILES string of the molecule is COCC1CCN(CCCCC(C)(C)C(=O)O)C1. The second kappa shape index (κ2) is 7.10. The zero-order valence-electron chi connectivity index (χ0n) is 11.9. The predicted octanol–water partition coefficient (Wildman–Crippen LogP) is 2.24. The molecule has 4 nitrogen and oxygen atoms in total. The van der Waals surface area contributed by atoms with Gasteiger partial charge in [-0.15, -0.1) is 0 Å². The van der Waals surface area contributed by atoms with Gasteiger partial charge in [0.25, 0.3) is 0 Å². The summed E-state index contributed by atoms with van der Waals surface area (Å²) in [5.41, 5.74) is -0.580. The van der Waals surface area contributed by atoms with Gasteiger partial charge < -0.3 is 14.7 Å². The van der Waals surface area contributed by atoms with Gasteiger partial charge in [-0.3, -0.25) is 4.79 Å². The molecule has 0 aromatic heterocycles. The third-order valence-electron chi connectivity index (χ3n) is 3.88. The van der Waals surface area contributed by atoms with E-state index in [4.69, 9.17) is 9.84 Å². The fraction of sp³-hybridized carbons (Fsp3) is 0.929. The number of carbonyl (C=O) groups is 1. The molecule has 4 heteroatoms. The van der Waals surface area contributed by atoms with E-state index >= 15 is 0 Å². The molecule has 0 aromatic rings. The van der Waals surface area contributed by atoms with Crippen LogP contribution in [0.25, 0.3) is 0 Å². The Bertz CT molecular complexity index is 266.